The van der Waals surface area contributed by atoms with Crippen molar-refractivity contribution in [1.82, 2.24) is 10.2 Å². The number of likely N-dealkylation sites (tertiary alicyclic amines) is 1. The van der Waals surface area contributed by atoms with E-state index in [0.717, 1.165) is 18.5 Å². The summed E-state index contributed by atoms with van der Waals surface area (Å²) in [5.41, 5.74) is 0. The Kier molecular flexibility index (Phi) is 7.92. The van der Waals surface area contributed by atoms with Gasteiger partial charge in [0.1, 0.15) is 0 Å². The Labute approximate surface area is 115 Å². The summed E-state index contributed by atoms with van der Waals surface area (Å²) in [6.45, 7) is 13.0. The van der Waals surface area contributed by atoms with Gasteiger partial charge in [-0.15, -0.1) is 0 Å². The Morgan fingerprint density at radius 1 is 1.17 bits per heavy atom. The summed E-state index contributed by atoms with van der Waals surface area (Å²) in [6, 6.07) is 1.39. The van der Waals surface area contributed by atoms with Crippen LogP contribution in [0.1, 0.15) is 66.2 Å². The van der Waals surface area contributed by atoms with E-state index in [2.05, 4.69) is 37.9 Å². The minimum Gasteiger partial charge on any atom is -0.314 e. The first-order valence-corrected chi connectivity index (χ1v) is 8.14. The lowest BCUT2D eigenvalue weighted by molar-refractivity contribution is 0.193. The van der Waals surface area contributed by atoms with Crippen molar-refractivity contribution in [1.29, 1.82) is 0 Å². The van der Waals surface area contributed by atoms with Gasteiger partial charge in [0, 0.05) is 12.1 Å². The maximum atomic E-state index is 3.53. The maximum Gasteiger partial charge on any atom is 0.00816 e. The molecule has 0 aromatic rings. The van der Waals surface area contributed by atoms with Crippen LogP contribution in [0.25, 0.3) is 0 Å². The summed E-state index contributed by atoms with van der Waals surface area (Å²) in [4.78, 5) is 2.73. The minimum atomic E-state index is 0.652. The van der Waals surface area contributed by atoms with Gasteiger partial charge in [0.05, 0.1) is 0 Å². The lowest BCUT2D eigenvalue weighted by Gasteiger charge is -2.30. The molecule has 0 aromatic carbocycles. The summed E-state index contributed by atoms with van der Waals surface area (Å²) < 4.78 is 0. The molecule has 0 saturated carbocycles. The van der Waals surface area contributed by atoms with Gasteiger partial charge in [0.2, 0.25) is 0 Å². The predicted molar refractivity (Wildman–Crippen MR) is 81.0 cm³/mol. The van der Waals surface area contributed by atoms with E-state index in [1.807, 2.05) is 0 Å². The second-order valence-corrected chi connectivity index (χ2v) is 6.17. The van der Waals surface area contributed by atoms with Crippen molar-refractivity contribution in [3.8, 4) is 0 Å². The van der Waals surface area contributed by atoms with Crippen molar-refractivity contribution < 1.29 is 0 Å². The van der Waals surface area contributed by atoms with E-state index >= 15 is 0 Å². The van der Waals surface area contributed by atoms with Gasteiger partial charge in [0.15, 0.2) is 0 Å². The first-order chi connectivity index (χ1) is 8.67. The fraction of sp³-hybridized carbons (Fsp3) is 1.00. The molecule has 2 nitrogen and oxygen atoms in total. The van der Waals surface area contributed by atoms with Gasteiger partial charge in [0.25, 0.3) is 0 Å². The summed E-state index contributed by atoms with van der Waals surface area (Å²) >= 11 is 0. The predicted octanol–water partition coefficient (Wildman–Crippen LogP) is 3.67. The third kappa shape index (κ3) is 5.71. The molecule has 1 rings (SSSR count). The highest BCUT2D eigenvalue weighted by atomic mass is 15.2. The van der Waals surface area contributed by atoms with E-state index in [1.165, 1.54) is 51.6 Å². The highest BCUT2D eigenvalue weighted by molar-refractivity contribution is 4.77. The van der Waals surface area contributed by atoms with E-state index < -0.39 is 0 Å². The Bertz CT molecular complexity index is 205. The van der Waals surface area contributed by atoms with Crippen LogP contribution < -0.4 is 5.32 Å². The number of nitrogens with one attached hydrogen (secondary N) is 1. The van der Waals surface area contributed by atoms with Crippen molar-refractivity contribution in [2.24, 2.45) is 5.92 Å². The third-order valence-electron chi connectivity index (χ3n) is 4.45. The van der Waals surface area contributed by atoms with Crippen LogP contribution in [-0.4, -0.2) is 36.6 Å². The lowest BCUT2D eigenvalue weighted by atomic mass is 9.96. The first kappa shape index (κ1) is 16.0. The summed E-state index contributed by atoms with van der Waals surface area (Å²) in [5, 5.41) is 3.53. The van der Waals surface area contributed by atoms with Gasteiger partial charge in [-0.25, -0.2) is 0 Å². The van der Waals surface area contributed by atoms with E-state index in [4.69, 9.17) is 0 Å². The molecule has 1 saturated heterocycles. The number of nitrogens with zero attached hydrogens (tertiary/aromatic N) is 1. The van der Waals surface area contributed by atoms with Gasteiger partial charge >= 0.3 is 0 Å². The molecule has 1 aliphatic rings. The summed E-state index contributed by atoms with van der Waals surface area (Å²) in [6.07, 6.45) is 8.37. The molecule has 108 valence electrons. The molecular formula is C16H34N2. The second kappa shape index (κ2) is 8.92. The van der Waals surface area contributed by atoms with Crippen molar-refractivity contribution in [3.05, 3.63) is 0 Å². The third-order valence-corrected chi connectivity index (χ3v) is 4.45. The number of rotatable bonds is 7. The molecule has 0 spiro atoms. The van der Waals surface area contributed by atoms with Gasteiger partial charge < -0.3 is 10.2 Å². The Morgan fingerprint density at radius 3 is 2.61 bits per heavy atom. The minimum absolute atomic E-state index is 0.652. The molecule has 0 bridgehead atoms. The highest BCUT2D eigenvalue weighted by Gasteiger charge is 2.21. The van der Waals surface area contributed by atoms with Gasteiger partial charge in [-0.2, -0.15) is 0 Å². The molecule has 0 aliphatic carbocycles. The molecule has 2 heteroatoms. The van der Waals surface area contributed by atoms with Crippen LogP contribution >= 0.6 is 0 Å². The van der Waals surface area contributed by atoms with E-state index in [9.17, 15) is 0 Å². The molecule has 3 atom stereocenters. The van der Waals surface area contributed by atoms with Crippen LogP contribution in [0.5, 0.6) is 0 Å². The standard InChI is InChI=1S/C16H34N2/c1-5-8-16-9-7-11-18(12-10-16)15(4)13-14(3)17-6-2/h14-17H,5-13H2,1-4H3. The molecule has 1 N–H and O–H groups in total. The van der Waals surface area contributed by atoms with E-state index in [0.29, 0.717) is 6.04 Å². The molecule has 1 aliphatic heterocycles. The van der Waals surface area contributed by atoms with Gasteiger partial charge in [-0.1, -0.05) is 26.7 Å². The SMILES string of the molecule is CCCC1CCCN(C(C)CC(C)NCC)CC1. The Hall–Kier alpha value is -0.0800. The molecule has 1 heterocycles. The normalized spacial score (nSPS) is 25.7. The fourth-order valence-electron chi connectivity index (χ4n) is 3.42. The average molecular weight is 254 g/mol. The van der Waals surface area contributed by atoms with Crippen molar-refractivity contribution in [2.75, 3.05) is 19.6 Å². The molecule has 3 unspecified atom stereocenters. The number of hydrogen-bond donors (Lipinski definition) is 1. The van der Waals surface area contributed by atoms with Gasteiger partial charge in [-0.3, -0.25) is 0 Å². The Balaban J connectivity index is 2.32. The lowest BCUT2D eigenvalue weighted by Crippen LogP contribution is -2.39. The molecule has 0 amide bonds. The first-order valence-electron chi connectivity index (χ1n) is 8.14. The van der Waals surface area contributed by atoms with Crippen molar-refractivity contribution in [2.45, 2.75) is 78.3 Å². The monoisotopic (exact) mass is 254 g/mol. The van der Waals surface area contributed by atoms with Crippen LogP contribution in [0.3, 0.4) is 0 Å². The summed E-state index contributed by atoms with van der Waals surface area (Å²) in [7, 11) is 0. The zero-order valence-electron chi connectivity index (χ0n) is 13.0. The highest BCUT2D eigenvalue weighted by Crippen LogP contribution is 2.23. The van der Waals surface area contributed by atoms with Crippen LogP contribution in [0.4, 0.5) is 0 Å². The largest absolute Gasteiger partial charge is 0.314 e. The van der Waals surface area contributed by atoms with E-state index in [1.54, 1.807) is 0 Å². The number of hydrogen-bond acceptors (Lipinski definition) is 2. The zero-order chi connectivity index (χ0) is 13.4. The Morgan fingerprint density at radius 2 is 1.94 bits per heavy atom. The van der Waals surface area contributed by atoms with Crippen LogP contribution in [0, 0.1) is 5.92 Å². The van der Waals surface area contributed by atoms with Crippen LogP contribution in [0.15, 0.2) is 0 Å². The maximum absolute atomic E-state index is 3.53. The topological polar surface area (TPSA) is 15.3 Å². The average Bonchev–Trinajstić information content (AvgIpc) is 2.55. The zero-order valence-corrected chi connectivity index (χ0v) is 13.0. The van der Waals surface area contributed by atoms with Crippen LogP contribution in [0.2, 0.25) is 0 Å². The quantitative estimate of drug-likeness (QED) is 0.746. The van der Waals surface area contributed by atoms with E-state index in [-0.39, 0.29) is 0 Å². The van der Waals surface area contributed by atoms with Crippen molar-refractivity contribution >= 4 is 0 Å². The second-order valence-electron chi connectivity index (χ2n) is 6.17. The molecule has 18 heavy (non-hydrogen) atoms. The van der Waals surface area contributed by atoms with Crippen molar-refractivity contribution in [3.63, 3.8) is 0 Å². The molecule has 0 aromatic heterocycles. The molecule has 0 radical (unpaired) electrons. The smallest absolute Gasteiger partial charge is 0.00816 e. The van der Waals surface area contributed by atoms with Gasteiger partial charge in [-0.05, 0) is 65.1 Å². The van der Waals surface area contributed by atoms with Crippen LogP contribution in [-0.2, 0) is 0 Å². The molecule has 1 fully saturated rings. The fourth-order valence-corrected chi connectivity index (χ4v) is 3.42. The summed E-state index contributed by atoms with van der Waals surface area (Å²) in [5.74, 6) is 0.999. The molecular weight excluding hydrogens is 220 g/mol.